The Hall–Kier alpha value is -1.93. The van der Waals surface area contributed by atoms with E-state index in [2.05, 4.69) is 16.4 Å². The number of anilines is 1. The number of benzene rings is 1. The van der Waals surface area contributed by atoms with Crippen LogP contribution in [0.2, 0.25) is 0 Å². The van der Waals surface area contributed by atoms with E-state index < -0.39 is 5.41 Å². The maximum absolute atomic E-state index is 11.9. The number of carbonyl (C=O) groups is 1. The lowest BCUT2D eigenvalue weighted by atomic mass is 10.1. The molecule has 1 aromatic carbocycles. The molecule has 0 atom stereocenters. The van der Waals surface area contributed by atoms with Gasteiger partial charge in [0.05, 0.1) is 21.3 Å². The zero-order valence-electron chi connectivity index (χ0n) is 9.86. The summed E-state index contributed by atoms with van der Waals surface area (Å²) >= 11 is 1.63. The minimum atomic E-state index is -0.785. The van der Waals surface area contributed by atoms with Crippen molar-refractivity contribution in [3.63, 3.8) is 0 Å². The van der Waals surface area contributed by atoms with Gasteiger partial charge in [-0.3, -0.25) is 4.79 Å². The molecule has 1 N–H and O–H groups in total. The smallest absolute Gasteiger partial charge is 0.244 e. The topological polar surface area (TPSA) is 65.8 Å². The SMILES string of the molecule is Cc1nc2cc(NC(=O)C3(C#N)CC3)ccc2s1. The lowest BCUT2D eigenvalue weighted by molar-refractivity contribution is -0.119. The highest BCUT2D eigenvalue weighted by Crippen LogP contribution is 2.45. The molecule has 1 amide bonds. The summed E-state index contributed by atoms with van der Waals surface area (Å²) in [6.45, 7) is 1.96. The van der Waals surface area contributed by atoms with Crippen LogP contribution in [0.1, 0.15) is 17.8 Å². The molecule has 1 fully saturated rings. The van der Waals surface area contributed by atoms with E-state index >= 15 is 0 Å². The van der Waals surface area contributed by atoms with E-state index in [0.29, 0.717) is 18.5 Å². The minimum absolute atomic E-state index is 0.198. The first kappa shape index (κ1) is 11.2. The quantitative estimate of drug-likeness (QED) is 0.899. The van der Waals surface area contributed by atoms with Crippen LogP contribution in [0, 0.1) is 23.7 Å². The van der Waals surface area contributed by atoms with Crippen molar-refractivity contribution in [3.8, 4) is 6.07 Å². The number of aromatic nitrogens is 1. The highest BCUT2D eigenvalue weighted by molar-refractivity contribution is 7.18. The summed E-state index contributed by atoms with van der Waals surface area (Å²) in [5.74, 6) is -0.198. The molecule has 0 spiro atoms. The number of carbonyl (C=O) groups excluding carboxylic acids is 1. The third kappa shape index (κ3) is 1.75. The molecule has 3 rings (SSSR count). The molecule has 1 aromatic heterocycles. The molecular weight excluding hydrogens is 246 g/mol. The van der Waals surface area contributed by atoms with Crippen LogP contribution in [0.4, 0.5) is 5.69 Å². The summed E-state index contributed by atoms with van der Waals surface area (Å²) in [7, 11) is 0. The van der Waals surface area contributed by atoms with Gasteiger partial charge in [0.2, 0.25) is 5.91 Å². The fourth-order valence-corrected chi connectivity index (χ4v) is 2.69. The Balaban J connectivity index is 1.87. The normalized spacial score (nSPS) is 16.2. The predicted molar refractivity (Wildman–Crippen MR) is 70.3 cm³/mol. The Morgan fingerprint density at radius 2 is 2.33 bits per heavy atom. The number of nitriles is 1. The number of hydrogen-bond donors (Lipinski definition) is 1. The van der Waals surface area contributed by atoms with Crippen LogP contribution in [0.5, 0.6) is 0 Å². The molecule has 1 aliphatic carbocycles. The number of aryl methyl sites for hydroxylation is 1. The molecule has 5 heteroatoms. The van der Waals surface area contributed by atoms with Gasteiger partial charge in [0.25, 0.3) is 0 Å². The Morgan fingerprint density at radius 1 is 1.56 bits per heavy atom. The highest BCUT2D eigenvalue weighted by atomic mass is 32.1. The first-order chi connectivity index (χ1) is 8.63. The zero-order chi connectivity index (χ0) is 12.8. The Morgan fingerprint density at radius 3 is 3.00 bits per heavy atom. The molecule has 18 heavy (non-hydrogen) atoms. The number of nitrogens with one attached hydrogen (secondary N) is 1. The molecule has 0 bridgehead atoms. The maximum Gasteiger partial charge on any atom is 0.244 e. The van der Waals surface area contributed by atoms with Gasteiger partial charge in [-0.1, -0.05) is 0 Å². The van der Waals surface area contributed by atoms with E-state index in [0.717, 1.165) is 15.2 Å². The molecule has 90 valence electrons. The van der Waals surface area contributed by atoms with Gasteiger partial charge in [-0.15, -0.1) is 11.3 Å². The van der Waals surface area contributed by atoms with Crippen LogP contribution in [-0.2, 0) is 4.79 Å². The number of amides is 1. The monoisotopic (exact) mass is 257 g/mol. The summed E-state index contributed by atoms with van der Waals surface area (Å²) in [5, 5.41) is 12.8. The van der Waals surface area contributed by atoms with E-state index in [1.54, 1.807) is 11.3 Å². The van der Waals surface area contributed by atoms with Crippen molar-refractivity contribution in [1.29, 1.82) is 5.26 Å². The summed E-state index contributed by atoms with van der Waals surface area (Å²) in [5.41, 5.74) is 0.809. The van der Waals surface area contributed by atoms with Gasteiger partial charge < -0.3 is 5.32 Å². The van der Waals surface area contributed by atoms with Crippen molar-refractivity contribution in [2.24, 2.45) is 5.41 Å². The fourth-order valence-electron chi connectivity index (χ4n) is 1.89. The number of hydrogen-bond acceptors (Lipinski definition) is 4. The first-order valence-corrected chi connectivity index (χ1v) is 6.54. The van der Waals surface area contributed by atoms with Crippen molar-refractivity contribution in [2.45, 2.75) is 19.8 Å². The van der Waals surface area contributed by atoms with E-state index in [-0.39, 0.29) is 5.91 Å². The van der Waals surface area contributed by atoms with Crippen molar-refractivity contribution in [1.82, 2.24) is 4.98 Å². The van der Waals surface area contributed by atoms with Crippen molar-refractivity contribution in [3.05, 3.63) is 23.2 Å². The molecule has 0 radical (unpaired) electrons. The van der Waals surface area contributed by atoms with Gasteiger partial charge >= 0.3 is 0 Å². The standard InChI is InChI=1S/C13H11N3OS/c1-8-15-10-6-9(2-3-11(10)18-8)16-12(17)13(7-14)4-5-13/h2-3,6H,4-5H2,1H3,(H,16,17). The molecule has 0 aliphatic heterocycles. The maximum atomic E-state index is 11.9. The van der Waals surface area contributed by atoms with E-state index in [9.17, 15) is 4.79 Å². The summed E-state index contributed by atoms with van der Waals surface area (Å²) in [4.78, 5) is 16.3. The first-order valence-electron chi connectivity index (χ1n) is 5.73. The summed E-state index contributed by atoms with van der Waals surface area (Å²) in [6.07, 6.45) is 1.32. The Labute approximate surface area is 108 Å². The van der Waals surface area contributed by atoms with Gasteiger partial charge in [-0.25, -0.2) is 4.98 Å². The Kier molecular flexibility index (Phi) is 2.35. The van der Waals surface area contributed by atoms with Crippen LogP contribution in [0.3, 0.4) is 0 Å². The van der Waals surface area contributed by atoms with Crippen LogP contribution < -0.4 is 5.32 Å². The molecule has 1 saturated carbocycles. The van der Waals surface area contributed by atoms with E-state index in [1.807, 2.05) is 25.1 Å². The van der Waals surface area contributed by atoms with Gasteiger partial charge in [-0.05, 0) is 38.0 Å². The van der Waals surface area contributed by atoms with Crippen LogP contribution in [0.25, 0.3) is 10.2 Å². The van der Waals surface area contributed by atoms with Crippen molar-refractivity contribution < 1.29 is 4.79 Å². The molecule has 1 heterocycles. The largest absolute Gasteiger partial charge is 0.325 e. The second-order valence-electron chi connectivity index (χ2n) is 4.56. The van der Waals surface area contributed by atoms with E-state index in [4.69, 9.17) is 5.26 Å². The summed E-state index contributed by atoms with van der Waals surface area (Å²) in [6, 6.07) is 7.74. The highest BCUT2D eigenvalue weighted by Gasteiger charge is 2.50. The van der Waals surface area contributed by atoms with Gasteiger partial charge in [0, 0.05) is 5.69 Å². The van der Waals surface area contributed by atoms with Crippen LogP contribution in [-0.4, -0.2) is 10.9 Å². The number of fused-ring (bicyclic) bond motifs is 1. The van der Waals surface area contributed by atoms with Gasteiger partial charge in [0.15, 0.2) is 0 Å². The lowest BCUT2D eigenvalue weighted by Gasteiger charge is -2.07. The van der Waals surface area contributed by atoms with Crippen molar-refractivity contribution in [2.75, 3.05) is 5.32 Å². The average Bonchev–Trinajstić information content (AvgIpc) is 3.06. The molecule has 1 aliphatic rings. The minimum Gasteiger partial charge on any atom is -0.325 e. The summed E-state index contributed by atoms with van der Waals surface area (Å²) < 4.78 is 1.10. The van der Waals surface area contributed by atoms with Crippen LogP contribution >= 0.6 is 11.3 Å². The molecule has 0 unspecified atom stereocenters. The Bertz CT molecular complexity index is 679. The fraction of sp³-hybridized carbons (Fsp3) is 0.308. The number of rotatable bonds is 2. The molecular formula is C13H11N3OS. The second kappa shape index (κ2) is 3.79. The number of nitrogens with zero attached hydrogens (tertiary/aromatic N) is 2. The third-order valence-corrected chi connectivity index (χ3v) is 4.10. The molecule has 4 nitrogen and oxygen atoms in total. The van der Waals surface area contributed by atoms with Gasteiger partial charge in [-0.2, -0.15) is 5.26 Å². The predicted octanol–water partition coefficient (Wildman–Crippen LogP) is 2.85. The van der Waals surface area contributed by atoms with Gasteiger partial charge in [0.1, 0.15) is 5.41 Å². The number of thiazole rings is 1. The molecule has 0 saturated heterocycles. The third-order valence-electron chi connectivity index (χ3n) is 3.15. The lowest BCUT2D eigenvalue weighted by Crippen LogP contribution is -2.22. The van der Waals surface area contributed by atoms with Crippen molar-refractivity contribution >= 4 is 33.1 Å². The zero-order valence-corrected chi connectivity index (χ0v) is 10.7. The van der Waals surface area contributed by atoms with Crippen LogP contribution in [0.15, 0.2) is 18.2 Å². The molecule has 2 aromatic rings. The average molecular weight is 257 g/mol. The second-order valence-corrected chi connectivity index (χ2v) is 5.80. The van der Waals surface area contributed by atoms with E-state index in [1.165, 1.54) is 0 Å².